The molecule has 0 bridgehead atoms. The molecule has 0 saturated heterocycles. The van der Waals surface area contributed by atoms with E-state index in [0.717, 1.165) is 7.05 Å². The highest BCUT2D eigenvalue weighted by atomic mass is 79.9. The van der Waals surface area contributed by atoms with E-state index in [-0.39, 0.29) is 23.6 Å². The molecule has 2 aromatic rings. The number of carbonyl (C=O) groups excluding carboxylic acids is 1. The number of halogens is 11. The van der Waals surface area contributed by atoms with Crippen molar-refractivity contribution < 1.29 is 53.8 Å². The van der Waals surface area contributed by atoms with Gasteiger partial charge in [-0.2, -0.15) is 39.5 Å². The molecule has 1 aromatic heterocycles. The summed E-state index contributed by atoms with van der Waals surface area (Å²) < 4.78 is 132. The van der Waals surface area contributed by atoms with Crippen LogP contribution >= 0.6 is 27.5 Å². The van der Waals surface area contributed by atoms with Crippen LogP contribution in [0.1, 0.15) is 30.7 Å². The van der Waals surface area contributed by atoms with Crippen molar-refractivity contribution in [1.29, 1.82) is 0 Å². The Morgan fingerprint density at radius 2 is 1.63 bits per heavy atom. The summed E-state index contributed by atoms with van der Waals surface area (Å²) >= 11 is 8.29. The van der Waals surface area contributed by atoms with Crippen LogP contribution in [0, 0.1) is 0 Å². The van der Waals surface area contributed by atoms with Crippen LogP contribution < -0.4 is 10.5 Å². The number of hydrogen-bond donors (Lipinski definition) is 0. The molecule has 0 aliphatic carbocycles. The van der Waals surface area contributed by atoms with Gasteiger partial charge in [0.1, 0.15) is 4.47 Å². The van der Waals surface area contributed by atoms with Gasteiger partial charge in [-0.3, -0.25) is 14.3 Å². The quantitative estimate of drug-likeness (QED) is 0.199. The second kappa shape index (κ2) is 11.3. The first-order chi connectivity index (χ1) is 17.3. The summed E-state index contributed by atoms with van der Waals surface area (Å²) in [5, 5.41) is -1.45. The van der Waals surface area contributed by atoms with Gasteiger partial charge in [-0.05, 0) is 41.9 Å². The zero-order chi connectivity index (χ0) is 29.4. The molecule has 0 aliphatic heterocycles. The van der Waals surface area contributed by atoms with Crippen LogP contribution in [0.15, 0.2) is 21.4 Å². The van der Waals surface area contributed by atoms with Crippen molar-refractivity contribution in [2.24, 2.45) is 7.05 Å². The first-order valence-corrected chi connectivity index (χ1v) is 11.3. The molecule has 7 nitrogen and oxygen atoms in total. The van der Waals surface area contributed by atoms with E-state index in [1.807, 2.05) is 0 Å². The molecule has 0 saturated carbocycles. The fraction of sp³-hybridized carbons (Fsp3) is 0.450. The second-order valence-electron chi connectivity index (χ2n) is 7.22. The van der Waals surface area contributed by atoms with E-state index in [9.17, 15) is 49.1 Å². The maximum Gasteiger partial charge on any atom is 0.434 e. The van der Waals surface area contributed by atoms with Gasteiger partial charge in [0.15, 0.2) is 5.69 Å². The molecule has 1 atom stereocenters. The zero-order valence-corrected chi connectivity index (χ0v) is 21.6. The first kappa shape index (κ1) is 31.7. The van der Waals surface area contributed by atoms with Crippen molar-refractivity contribution in [2.45, 2.75) is 38.6 Å². The summed E-state index contributed by atoms with van der Waals surface area (Å²) in [6.07, 6.45) is -18.6. The number of nitrogens with zero attached hydrogens (tertiary/aromatic N) is 3. The highest BCUT2D eigenvalue weighted by Gasteiger charge is 2.44. The molecule has 212 valence electrons. The van der Waals surface area contributed by atoms with Crippen molar-refractivity contribution in [3.8, 4) is 0 Å². The average Bonchev–Trinajstić information content (AvgIpc) is 2.76. The second-order valence-corrected chi connectivity index (χ2v) is 8.39. The highest BCUT2D eigenvalue weighted by Crippen LogP contribution is 2.46. The van der Waals surface area contributed by atoms with Crippen LogP contribution in [-0.2, 0) is 39.8 Å². The van der Waals surface area contributed by atoms with Crippen molar-refractivity contribution in [1.82, 2.24) is 9.55 Å². The summed E-state index contributed by atoms with van der Waals surface area (Å²) in [4.78, 5) is 28.7. The van der Waals surface area contributed by atoms with E-state index in [4.69, 9.17) is 21.1 Å². The van der Waals surface area contributed by atoms with Gasteiger partial charge in [0.05, 0.1) is 28.4 Å². The normalized spacial score (nSPS) is 13.4. The third-order valence-corrected chi connectivity index (χ3v) is 5.80. The lowest BCUT2D eigenvalue weighted by Crippen LogP contribution is -2.45. The predicted molar refractivity (Wildman–Crippen MR) is 118 cm³/mol. The van der Waals surface area contributed by atoms with E-state index in [1.165, 1.54) is 13.8 Å². The lowest BCUT2D eigenvalue weighted by molar-refractivity contribution is -0.155. The predicted octanol–water partition coefficient (Wildman–Crippen LogP) is 6.32. The van der Waals surface area contributed by atoms with E-state index in [1.54, 1.807) is 0 Å². The van der Waals surface area contributed by atoms with Gasteiger partial charge >= 0.3 is 24.5 Å². The summed E-state index contributed by atoms with van der Waals surface area (Å²) in [6, 6.07) is -0.274. The zero-order valence-electron chi connectivity index (χ0n) is 19.3. The lowest BCUT2D eigenvalue weighted by atomic mass is 10.1. The number of ether oxygens (including phenoxy) is 2. The molecule has 1 unspecified atom stereocenters. The Hall–Kier alpha value is -2.53. The molecule has 2 rings (SSSR count). The monoisotopic (exact) mass is 647 g/mol. The van der Waals surface area contributed by atoms with Crippen LogP contribution in [-0.4, -0.2) is 35.0 Å². The molecule has 1 heterocycles. The third kappa shape index (κ3) is 6.54. The van der Waals surface area contributed by atoms with Crippen LogP contribution in [0.25, 0.3) is 0 Å². The molecule has 0 radical (unpaired) electrons. The number of aromatic nitrogens is 2. The van der Waals surface area contributed by atoms with Crippen LogP contribution in [0.3, 0.4) is 0 Å². The molecule has 0 amide bonds. The van der Waals surface area contributed by atoms with Crippen molar-refractivity contribution in [3.05, 3.63) is 48.8 Å². The van der Waals surface area contributed by atoms with Gasteiger partial charge in [0.2, 0.25) is 12.2 Å². The third-order valence-electron chi connectivity index (χ3n) is 4.69. The molecule has 0 N–H and O–H groups in total. The summed E-state index contributed by atoms with van der Waals surface area (Å²) in [7, 11) is 0.808. The van der Waals surface area contributed by atoms with Crippen molar-refractivity contribution in [2.75, 3.05) is 18.1 Å². The number of carbonyl (C=O) groups is 1. The lowest BCUT2D eigenvalue weighted by Gasteiger charge is -2.33. The molecule has 18 heteroatoms. The number of hydrogen-bond acceptors (Lipinski definition) is 6. The molecule has 0 fully saturated rings. The van der Waals surface area contributed by atoms with E-state index >= 15 is 0 Å². The topological polar surface area (TPSA) is 73.7 Å². The van der Waals surface area contributed by atoms with Gasteiger partial charge in [-0.1, -0.05) is 11.6 Å². The van der Waals surface area contributed by atoms with E-state index in [0.29, 0.717) is 4.57 Å². The van der Waals surface area contributed by atoms with E-state index < -0.39 is 80.8 Å². The minimum atomic E-state index is -5.49. The maximum absolute atomic E-state index is 13.7. The van der Waals surface area contributed by atoms with Gasteiger partial charge in [-0.25, -0.2) is 9.78 Å². The molecule has 38 heavy (non-hydrogen) atoms. The van der Waals surface area contributed by atoms with Gasteiger partial charge in [-0.15, -0.1) is 0 Å². The Balaban J connectivity index is 3.17. The number of anilines is 2. The minimum Gasteiger partial charge on any atom is -0.463 e. The Morgan fingerprint density at radius 3 is 2.08 bits per heavy atom. The Morgan fingerprint density at radius 1 is 1.05 bits per heavy atom. The smallest absolute Gasteiger partial charge is 0.434 e. The molecular formula is C20H16BrClF9N3O4. The highest BCUT2D eigenvalue weighted by molar-refractivity contribution is 9.10. The van der Waals surface area contributed by atoms with E-state index in [2.05, 4.69) is 20.9 Å². The summed E-state index contributed by atoms with van der Waals surface area (Å²) in [5.41, 5.74) is -8.60. The van der Waals surface area contributed by atoms with Gasteiger partial charge in [0.25, 0.3) is 5.56 Å². The number of esters is 1. The van der Waals surface area contributed by atoms with Crippen molar-refractivity contribution >= 4 is 45.1 Å². The van der Waals surface area contributed by atoms with Gasteiger partial charge in [0, 0.05) is 13.7 Å². The standard InChI is InChI=1S/C20H16BrClF9N3O4/c1-4-37-15(16(36)38-5-2)34(17-32-13(20(29,30)31)11(21)14(35)33(17)3)10-7-8(18(23,24)25)6-9(12(10)22)19(26,27)28/h6-7,15H,4-5H2,1-3H3. The Labute approximate surface area is 221 Å². The van der Waals surface area contributed by atoms with Crippen LogP contribution in [0.5, 0.6) is 0 Å². The van der Waals surface area contributed by atoms with Crippen LogP contribution in [0.2, 0.25) is 5.02 Å². The Bertz CT molecular complexity index is 1260. The SMILES string of the molecule is CCOC(=O)C(OCC)N(c1cc(C(F)(F)F)cc(C(F)(F)F)c1Cl)c1nc(C(F)(F)F)c(Br)c(=O)n1C. The first-order valence-electron chi connectivity index (χ1n) is 10.2. The fourth-order valence-corrected chi connectivity index (χ4v) is 3.97. The summed E-state index contributed by atoms with van der Waals surface area (Å²) in [5.74, 6) is -2.67. The number of rotatable bonds is 7. The van der Waals surface area contributed by atoms with Crippen LogP contribution in [0.4, 0.5) is 51.1 Å². The average molecular weight is 649 g/mol. The molecule has 0 spiro atoms. The molecule has 0 aliphatic rings. The molecular weight excluding hydrogens is 633 g/mol. The maximum atomic E-state index is 13.7. The summed E-state index contributed by atoms with van der Waals surface area (Å²) in [6.45, 7) is 1.73. The largest absolute Gasteiger partial charge is 0.463 e. The minimum absolute atomic E-state index is 0.0459. The number of alkyl halides is 9. The van der Waals surface area contributed by atoms with Gasteiger partial charge < -0.3 is 9.47 Å². The molecule has 1 aromatic carbocycles. The van der Waals surface area contributed by atoms with Crippen molar-refractivity contribution in [3.63, 3.8) is 0 Å². The Kier molecular flexibility index (Phi) is 9.42. The number of benzene rings is 1. The fourth-order valence-electron chi connectivity index (χ4n) is 3.08.